The monoisotopic (exact) mass is 268 g/mol. The highest BCUT2D eigenvalue weighted by Crippen LogP contribution is 2.22. The summed E-state index contributed by atoms with van der Waals surface area (Å²) in [6, 6.07) is 0. The van der Waals surface area contributed by atoms with Crippen molar-refractivity contribution >= 4 is 23.2 Å². The zero-order chi connectivity index (χ0) is 13.0. The van der Waals surface area contributed by atoms with Gasteiger partial charge in [0.05, 0.1) is 0 Å². The Balaban J connectivity index is 1.84. The van der Waals surface area contributed by atoms with Crippen molar-refractivity contribution in [1.29, 1.82) is 0 Å². The van der Waals surface area contributed by atoms with Gasteiger partial charge in [0.15, 0.2) is 10.7 Å². The maximum Gasteiger partial charge on any atom is 0.355 e. The van der Waals surface area contributed by atoms with Gasteiger partial charge in [0.1, 0.15) is 0 Å². The van der Waals surface area contributed by atoms with Crippen LogP contribution in [-0.2, 0) is 0 Å². The Bertz CT molecular complexity index is 438. The smallest absolute Gasteiger partial charge is 0.355 e. The number of aromatic nitrogens is 1. The highest BCUT2D eigenvalue weighted by molar-refractivity contribution is 7.11. The molecule has 0 unspecified atom stereocenters. The maximum atomic E-state index is 11.8. The van der Waals surface area contributed by atoms with Gasteiger partial charge in [-0.15, -0.1) is 11.3 Å². The van der Waals surface area contributed by atoms with E-state index in [1.54, 1.807) is 0 Å². The minimum atomic E-state index is -1.10. The number of thiazole rings is 1. The van der Waals surface area contributed by atoms with Gasteiger partial charge in [0.25, 0.3) is 5.91 Å². The van der Waals surface area contributed by atoms with Crippen LogP contribution in [0.15, 0.2) is 5.38 Å². The number of carbonyl (C=O) groups excluding carboxylic acids is 1. The molecule has 0 spiro atoms. The second-order valence-corrected chi connectivity index (χ2v) is 5.42. The van der Waals surface area contributed by atoms with Crippen molar-refractivity contribution in [2.75, 3.05) is 6.54 Å². The second-order valence-electron chi connectivity index (χ2n) is 4.56. The van der Waals surface area contributed by atoms with Crippen molar-refractivity contribution in [1.82, 2.24) is 10.3 Å². The standard InChI is InChI=1S/C12H16N2O3S/c15-10(11-14-9(7-18-11)12(16)17)13-6-8-4-2-1-3-5-8/h7-8H,1-6H2,(H,13,15)(H,16,17). The third kappa shape index (κ3) is 3.29. The number of rotatable bonds is 4. The number of amides is 1. The van der Waals surface area contributed by atoms with Crippen LogP contribution < -0.4 is 5.32 Å². The van der Waals surface area contributed by atoms with Crippen LogP contribution in [0.2, 0.25) is 0 Å². The number of nitrogens with one attached hydrogen (secondary N) is 1. The summed E-state index contributed by atoms with van der Waals surface area (Å²) in [5.41, 5.74) is -0.0668. The molecule has 1 aromatic rings. The molecule has 0 saturated heterocycles. The van der Waals surface area contributed by atoms with Crippen LogP contribution in [0.4, 0.5) is 0 Å². The molecule has 18 heavy (non-hydrogen) atoms. The van der Waals surface area contributed by atoms with Crippen molar-refractivity contribution in [3.63, 3.8) is 0 Å². The minimum Gasteiger partial charge on any atom is -0.476 e. The van der Waals surface area contributed by atoms with Crippen LogP contribution in [0.1, 0.15) is 52.4 Å². The largest absolute Gasteiger partial charge is 0.476 e. The molecule has 1 fully saturated rings. The van der Waals surface area contributed by atoms with Crippen LogP contribution in [0.5, 0.6) is 0 Å². The summed E-state index contributed by atoms with van der Waals surface area (Å²) in [4.78, 5) is 26.2. The molecule has 0 aliphatic heterocycles. The Kier molecular flexibility index (Phi) is 4.30. The number of nitrogens with zero attached hydrogens (tertiary/aromatic N) is 1. The van der Waals surface area contributed by atoms with E-state index in [0.717, 1.165) is 11.3 Å². The van der Waals surface area contributed by atoms with E-state index in [1.165, 1.54) is 37.5 Å². The van der Waals surface area contributed by atoms with Crippen molar-refractivity contribution in [3.8, 4) is 0 Å². The lowest BCUT2D eigenvalue weighted by Gasteiger charge is -2.21. The van der Waals surface area contributed by atoms with Crippen molar-refractivity contribution in [2.45, 2.75) is 32.1 Å². The summed E-state index contributed by atoms with van der Waals surface area (Å²) in [5, 5.41) is 13.2. The normalized spacial score (nSPS) is 16.4. The molecule has 98 valence electrons. The van der Waals surface area contributed by atoms with Crippen molar-refractivity contribution in [2.24, 2.45) is 5.92 Å². The Hall–Kier alpha value is -1.43. The van der Waals surface area contributed by atoms with Crippen LogP contribution in [0, 0.1) is 5.92 Å². The third-order valence-electron chi connectivity index (χ3n) is 3.19. The quantitative estimate of drug-likeness (QED) is 0.877. The summed E-state index contributed by atoms with van der Waals surface area (Å²) in [5.74, 6) is -0.808. The van der Waals surface area contributed by atoms with Crippen molar-refractivity contribution in [3.05, 3.63) is 16.1 Å². The van der Waals surface area contributed by atoms with Gasteiger partial charge in [-0.25, -0.2) is 9.78 Å². The highest BCUT2D eigenvalue weighted by atomic mass is 32.1. The Morgan fingerprint density at radius 2 is 2.11 bits per heavy atom. The lowest BCUT2D eigenvalue weighted by molar-refractivity contribution is 0.0691. The second kappa shape index (κ2) is 5.95. The van der Waals surface area contributed by atoms with E-state index in [0.29, 0.717) is 12.5 Å². The summed E-state index contributed by atoms with van der Waals surface area (Å²) in [6.07, 6.45) is 6.10. The first-order valence-corrected chi connectivity index (χ1v) is 7.02. The molecule has 0 aromatic carbocycles. The highest BCUT2D eigenvalue weighted by Gasteiger charge is 2.17. The summed E-state index contributed by atoms with van der Waals surface area (Å²) in [7, 11) is 0. The number of hydrogen-bond donors (Lipinski definition) is 2. The molecule has 0 bridgehead atoms. The number of carboxylic acids is 1. The van der Waals surface area contributed by atoms with Gasteiger partial charge in [0, 0.05) is 11.9 Å². The van der Waals surface area contributed by atoms with Gasteiger partial charge in [-0.05, 0) is 18.8 Å². The predicted molar refractivity (Wildman–Crippen MR) is 68.0 cm³/mol. The fourth-order valence-corrected chi connectivity index (χ4v) is 2.89. The van der Waals surface area contributed by atoms with Crippen LogP contribution in [0.25, 0.3) is 0 Å². The van der Waals surface area contributed by atoms with Gasteiger partial charge in [-0.1, -0.05) is 19.3 Å². The van der Waals surface area contributed by atoms with Gasteiger partial charge >= 0.3 is 5.97 Å². The Morgan fingerprint density at radius 3 is 2.72 bits per heavy atom. The molecular weight excluding hydrogens is 252 g/mol. The van der Waals surface area contributed by atoms with Crippen molar-refractivity contribution < 1.29 is 14.7 Å². The lowest BCUT2D eigenvalue weighted by Crippen LogP contribution is -2.30. The van der Waals surface area contributed by atoms with Crippen LogP contribution >= 0.6 is 11.3 Å². The number of carboxylic acid groups (broad SMARTS) is 1. The minimum absolute atomic E-state index is 0.0668. The molecular formula is C12H16N2O3S. The van der Waals surface area contributed by atoms with Crippen LogP contribution in [0.3, 0.4) is 0 Å². The van der Waals surface area contributed by atoms with Gasteiger partial charge in [-0.3, -0.25) is 4.79 Å². The Morgan fingerprint density at radius 1 is 1.39 bits per heavy atom. The lowest BCUT2D eigenvalue weighted by atomic mass is 9.89. The zero-order valence-electron chi connectivity index (χ0n) is 10.0. The maximum absolute atomic E-state index is 11.8. The molecule has 5 nitrogen and oxygen atoms in total. The summed E-state index contributed by atoms with van der Waals surface area (Å²) < 4.78 is 0. The van der Waals surface area contributed by atoms with E-state index in [1.807, 2.05) is 0 Å². The van der Waals surface area contributed by atoms with Gasteiger partial charge in [0.2, 0.25) is 0 Å². The van der Waals surface area contributed by atoms with Gasteiger partial charge in [-0.2, -0.15) is 0 Å². The molecule has 0 atom stereocenters. The molecule has 2 rings (SSSR count). The van der Waals surface area contributed by atoms with E-state index in [2.05, 4.69) is 10.3 Å². The summed E-state index contributed by atoms with van der Waals surface area (Å²) in [6.45, 7) is 0.667. The van der Waals surface area contributed by atoms with E-state index in [9.17, 15) is 9.59 Å². The first-order valence-electron chi connectivity index (χ1n) is 6.14. The van der Waals surface area contributed by atoms with E-state index < -0.39 is 5.97 Å². The molecule has 1 amide bonds. The number of aromatic carboxylic acids is 1. The number of carbonyl (C=O) groups is 2. The van der Waals surface area contributed by atoms with E-state index >= 15 is 0 Å². The molecule has 2 N–H and O–H groups in total. The first kappa shape index (κ1) is 13.0. The Labute approximate surface area is 109 Å². The molecule has 1 aliphatic carbocycles. The fraction of sp³-hybridized carbons (Fsp3) is 0.583. The van der Waals surface area contributed by atoms with E-state index in [4.69, 9.17) is 5.11 Å². The molecule has 1 aliphatic rings. The van der Waals surface area contributed by atoms with Crippen LogP contribution in [-0.4, -0.2) is 28.5 Å². The SMILES string of the molecule is O=C(O)c1csc(C(=O)NCC2CCCCC2)n1. The molecule has 6 heteroatoms. The van der Waals surface area contributed by atoms with Gasteiger partial charge < -0.3 is 10.4 Å². The van der Waals surface area contributed by atoms with E-state index in [-0.39, 0.29) is 16.6 Å². The summed E-state index contributed by atoms with van der Waals surface area (Å²) >= 11 is 1.07. The molecule has 1 heterocycles. The number of hydrogen-bond acceptors (Lipinski definition) is 4. The molecule has 0 radical (unpaired) electrons. The third-order valence-corrected chi connectivity index (χ3v) is 4.03. The molecule has 1 saturated carbocycles. The zero-order valence-corrected chi connectivity index (χ0v) is 10.8. The topological polar surface area (TPSA) is 79.3 Å². The average Bonchev–Trinajstić information content (AvgIpc) is 2.87. The first-order chi connectivity index (χ1) is 8.66. The average molecular weight is 268 g/mol. The predicted octanol–water partition coefficient (Wildman–Crippen LogP) is 2.15. The fourth-order valence-electron chi connectivity index (χ4n) is 2.18. The molecule has 1 aromatic heterocycles.